The molecule has 4 rings (SSSR count). The Morgan fingerprint density at radius 3 is 2.47 bits per heavy atom. The summed E-state index contributed by atoms with van der Waals surface area (Å²) in [7, 11) is 1.53. The summed E-state index contributed by atoms with van der Waals surface area (Å²) in [6, 6.07) is 16.1. The number of ether oxygens (including phenoxy) is 1. The van der Waals surface area contributed by atoms with Crippen LogP contribution in [-0.2, 0) is 16.1 Å². The fourth-order valence-electron chi connectivity index (χ4n) is 3.54. The highest BCUT2D eigenvalue weighted by Crippen LogP contribution is 2.42. The highest BCUT2D eigenvalue weighted by atomic mass is 35.5. The Morgan fingerprint density at radius 2 is 1.83 bits per heavy atom. The standard InChI is InChI=1S/C23H18ClNO5/c1-29-15-10-8-14(9-11-15)21(26)19-20(17-6-2-3-7-18(17)24)25(23(28)22(19)27)13-16-5-4-12-30-16/h2-12,20,26H,13H2,1H3/b21-19+/t20-/m1/s1. The number of hydrogen-bond donors (Lipinski definition) is 1. The monoisotopic (exact) mass is 423 g/mol. The van der Waals surface area contributed by atoms with E-state index in [1.54, 1.807) is 60.7 Å². The van der Waals surface area contributed by atoms with Crippen molar-refractivity contribution < 1.29 is 23.8 Å². The van der Waals surface area contributed by atoms with Crippen molar-refractivity contribution in [2.75, 3.05) is 7.11 Å². The van der Waals surface area contributed by atoms with Crippen LogP contribution in [0.3, 0.4) is 0 Å². The van der Waals surface area contributed by atoms with Gasteiger partial charge in [0.2, 0.25) is 0 Å². The number of likely N-dealkylation sites (tertiary alicyclic amines) is 1. The maximum Gasteiger partial charge on any atom is 0.296 e. The Hall–Kier alpha value is -3.51. The summed E-state index contributed by atoms with van der Waals surface area (Å²) in [5.41, 5.74) is 0.911. The third-order valence-corrected chi connectivity index (χ3v) is 5.35. The van der Waals surface area contributed by atoms with E-state index in [1.807, 2.05) is 0 Å². The second-order valence-electron chi connectivity index (χ2n) is 6.76. The highest BCUT2D eigenvalue weighted by Gasteiger charge is 2.47. The van der Waals surface area contributed by atoms with Gasteiger partial charge in [0.15, 0.2) is 0 Å². The normalized spacial score (nSPS) is 18.1. The van der Waals surface area contributed by atoms with E-state index in [4.69, 9.17) is 20.8 Å². The van der Waals surface area contributed by atoms with Crippen molar-refractivity contribution in [2.45, 2.75) is 12.6 Å². The molecule has 0 radical (unpaired) electrons. The van der Waals surface area contributed by atoms with Crippen LogP contribution in [0.1, 0.15) is 22.9 Å². The van der Waals surface area contributed by atoms with E-state index in [0.29, 0.717) is 27.7 Å². The number of carbonyl (C=O) groups excluding carboxylic acids is 2. The summed E-state index contributed by atoms with van der Waals surface area (Å²) in [6.45, 7) is 0.0624. The number of ketones is 1. The Labute approximate surface area is 177 Å². The Kier molecular flexibility index (Phi) is 5.33. The zero-order chi connectivity index (χ0) is 21.3. The van der Waals surface area contributed by atoms with Gasteiger partial charge in [0.25, 0.3) is 11.7 Å². The van der Waals surface area contributed by atoms with Crippen molar-refractivity contribution in [3.8, 4) is 5.75 Å². The molecule has 0 unspecified atom stereocenters. The van der Waals surface area contributed by atoms with Crippen LogP contribution in [0.25, 0.3) is 5.76 Å². The molecule has 0 saturated carbocycles. The zero-order valence-electron chi connectivity index (χ0n) is 16.0. The van der Waals surface area contributed by atoms with Gasteiger partial charge < -0.3 is 19.2 Å². The maximum atomic E-state index is 13.0. The molecule has 0 spiro atoms. The molecule has 7 heteroatoms. The first-order valence-corrected chi connectivity index (χ1v) is 9.58. The molecule has 1 saturated heterocycles. The largest absolute Gasteiger partial charge is 0.507 e. The Balaban J connectivity index is 1.87. The average molecular weight is 424 g/mol. The van der Waals surface area contributed by atoms with Gasteiger partial charge in [-0.25, -0.2) is 0 Å². The van der Waals surface area contributed by atoms with E-state index in [1.165, 1.54) is 18.3 Å². The highest BCUT2D eigenvalue weighted by molar-refractivity contribution is 6.46. The minimum Gasteiger partial charge on any atom is -0.507 e. The summed E-state index contributed by atoms with van der Waals surface area (Å²) in [6.07, 6.45) is 1.49. The molecule has 2 heterocycles. The first-order chi connectivity index (χ1) is 14.5. The van der Waals surface area contributed by atoms with Crippen LogP contribution in [-0.4, -0.2) is 28.8 Å². The molecule has 2 aromatic carbocycles. The number of amides is 1. The lowest BCUT2D eigenvalue weighted by atomic mass is 9.95. The molecule has 30 heavy (non-hydrogen) atoms. The number of hydrogen-bond acceptors (Lipinski definition) is 5. The molecule has 1 atom stereocenters. The van der Waals surface area contributed by atoms with Crippen molar-refractivity contribution in [3.05, 3.63) is 94.4 Å². The van der Waals surface area contributed by atoms with Crippen LogP contribution in [0.4, 0.5) is 0 Å². The summed E-state index contributed by atoms with van der Waals surface area (Å²) in [5, 5.41) is 11.4. The van der Waals surface area contributed by atoms with Gasteiger partial charge in [-0.15, -0.1) is 0 Å². The average Bonchev–Trinajstić information content (AvgIpc) is 3.36. The number of methoxy groups -OCH3 is 1. The molecule has 1 aromatic heterocycles. The topological polar surface area (TPSA) is 80.0 Å². The van der Waals surface area contributed by atoms with E-state index in [2.05, 4.69) is 0 Å². The smallest absolute Gasteiger partial charge is 0.296 e. The van der Waals surface area contributed by atoms with Crippen LogP contribution in [0.5, 0.6) is 5.75 Å². The third-order valence-electron chi connectivity index (χ3n) is 5.01. The van der Waals surface area contributed by atoms with Crippen molar-refractivity contribution in [1.29, 1.82) is 0 Å². The van der Waals surface area contributed by atoms with Gasteiger partial charge in [0, 0.05) is 10.6 Å². The number of aliphatic hydroxyl groups excluding tert-OH is 1. The van der Waals surface area contributed by atoms with Crippen LogP contribution in [0, 0.1) is 0 Å². The van der Waals surface area contributed by atoms with Crippen LogP contribution >= 0.6 is 11.6 Å². The third kappa shape index (κ3) is 3.46. The number of rotatable bonds is 5. The second kappa shape index (κ2) is 8.08. The molecule has 3 aromatic rings. The number of carbonyl (C=O) groups is 2. The SMILES string of the molecule is COc1ccc(/C(O)=C2\C(=O)C(=O)N(Cc3ccco3)[C@@H]2c2ccccc2Cl)cc1. The number of nitrogens with zero attached hydrogens (tertiary/aromatic N) is 1. The minimum atomic E-state index is -0.856. The Morgan fingerprint density at radius 1 is 1.10 bits per heavy atom. The predicted molar refractivity (Wildman–Crippen MR) is 111 cm³/mol. The Bertz CT molecular complexity index is 1120. The van der Waals surface area contributed by atoms with Gasteiger partial charge in [0.1, 0.15) is 17.3 Å². The van der Waals surface area contributed by atoms with Crippen LogP contribution < -0.4 is 4.74 Å². The fraction of sp³-hybridized carbons (Fsp3) is 0.130. The number of aliphatic hydroxyl groups is 1. The summed E-state index contributed by atoms with van der Waals surface area (Å²) < 4.78 is 10.5. The number of Topliss-reactive ketones (excluding diaryl/α,β-unsaturated/α-hetero) is 1. The van der Waals surface area contributed by atoms with E-state index in [-0.39, 0.29) is 17.9 Å². The maximum absolute atomic E-state index is 13.0. The van der Waals surface area contributed by atoms with E-state index >= 15 is 0 Å². The fourth-order valence-corrected chi connectivity index (χ4v) is 3.78. The first kappa shape index (κ1) is 19.8. The first-order valence-electron chi connectivity index (χ1n) is 9.21. The molecular weight excluding hydrogens is 406 g/mol. The minimum absolute atomic E-state index is 0.0233. The van der Waals surface area contributed by atoms with Crippen LogP contribution in [0.15, 0.2) is 76.9 Å². The van der Waals surface area contributed by atoms with Gasteiger partial charge in [-0.05, 0) is 48.0 Å². The van der Waals surface area contributed by atoms with E-state index in [0.717, 1.165) is 0 Å². The molecule has 1 aliphatic heterocycles. The van der Waals surface area contributed by atoms with Gasteiger partial charge in [-0.2, -0.15) is 0 Å². The summed E-state index contributed by atoms with van der Waals surface area (Å²) in [4.78, 5) is 27.2. The quantitative estimate of drug-likeness (QED) is 0.369. The van der Waals surface area contributed by atoms with Crippen molar-refractivity contribution in [1.82, 2.24) is 4.90 Å². The lowest BCUT2D eigenvalue weighted by Gasteiger charge is -2.25. The molecule has 0 bridgehead atoms. The molecule has 152 valence electrons. The van der Waals surface area contributed by atoms with Gasteiger partial charge in [-0.3, -0.25) is 9.59 Å². The van der Waals surface area contributed by atoms with E-state index in [9.17, 15) is 14.7 Å². The predicted octanol–water partition coefficient (Wildman–Crippen LogP) is 4.56. The van der Waals surface area contributed by atoms with Gasteiger partial charge in [-0.1, -0.05) is 29.8 Å². The molecular formula is C23H18ClNO5. The van der Waals surface area contributed by atoms with Crippen molar-refractivity contribution >= 4 is 29.1 Å². The molecule has 1 aliphatic rings. The van der Waals surface area contributed by atoms with E-state index < -0.39 is 17.7 Å². The number of benzene rings is 2. The second-order valence-corrected chi connectivity index (χ2v) is 7.16. The van der Waals surface area contributed by atoms with Crippen molar-refractivity contribution in [3.63, 3.8) is 0 Å². The number of halogens is 1. The summed E-state index contributed by atoms with van der Waals surface area (Å²) in [5.74, 6) is -0.667. The van der Waals surface area contributed by atoms with Gasteiger partial charge >= 0.3 is 0 Å². The van der Waals surface area contributed by atoms with Gasteiger partial charge in [0.05, 0.1) is 31.5 Å². The molecule has 1 amide bonds. The molecule has 1 N–H and O–H groups in total. The molecule has 1 fully saturated rings. The molecule has 6 nitrogen and oxygen atoms in total. The lowest BCUT2D eigenvalue weighted by molar-refractivity contribution is -0.140. The van der Waals surface area contributed by atoms with Crippen molar-refractivity contribution in [2.24, 2.45) is 0 Å². The lowest BCUT2D eigenvalue weighted by Crippen LogP contribution is -2.29. The summed E-state index contributed by atoms with van der Waals surface area (Å²) >= 11 is 6.41. The zero-order valence-corrected chi connectivity index (χ0v) is 16.8. The number of furan rings is 1. The molecule has 0 aliphatic carbocycles. The van der Waals surface area contributed by atoms with Crippen LogP contribution in [0.2, 0.25) is 5.02 Å².